The van der Waals surface area contributed by atoms with Gasteiger partial charge in [-0.3, -0.25) is 0 Å². The molecule has 0 aliphatic rings. The molecular weight excluding hydrogens is 267 g/mol. The molecule has 0 bridgehead atoms. The highest BCUT2D eigenvalue weighted by molar-refractivity contribution is 5.89. The number of nitrogens with zero attached hydrogens (tertiary/aromatic N) is 3. The average molecular weight is 275 g/mol. The van der Waals surface area contributed by atoms with E-state index in [1.807, 2.05) is 0 Å². The number of rotatable bonds is 3. The number of carbonyl (C=O) groups is 1. The zero-order valence-electron chi connectivity index (χ0n) is 9.60. The van der Waals surface area contributed by atoms with E-state index in [1.54, 1.807) is 6.92 Å². The maximum atomic E-state index is 12.7. The lowest BCUT2D eigenvalue weighted by Crippen LogP contribution is -2.09. The lowest BCUT2D eigenvalue weighted by Gasteiger charge is -2.04. The Balaban J connectivity index is 2.39. The monoisotopic (exact) mass is 275 g/mol. The van der Waals surface area contributed by atoms with E-state index in [9.17, 15) is 18.0 Å². The van der Waals surface area contributed by atoms with E-state index in [-0.39, 0.29) is 6.54 Å². The second kappa shape index (κ2) is 4.41. The van der Waals surface area contributed by atoms with Crippen molar-refractivity contribution >= 4 is 5.97 Å². The van der Waals surface area contributed by atoms with Gasteiger partial charge in [0.1, 0.15) is 11.4 Å². The molecule has 0 atom stereocenters. The van der Waals surface area contributed by atoms with Gasteiger partial charge in [-0.2, -0.15) is 13.2 Å². The molecule has 6 nitrogen and oxygen atoms in total. The largest absolute Gasteiger partial charge is 0.478 e. The summed E-state index contributed by atoms with van der Waals surface area (Å²) >= 11 is 0. The highest BCUT2D eigenvalue weighted by Crippen LogP contribution is 2.32. The number of aromatic nitrogens is 3. The van der Waals surface area contributed by atoms with E-state index < -0.39 is 23.3 Å². The van der Waals surface area contributed by atoms with Crippen LogP contribution in [0, 0.1) is 6.92 Å². The molecule has 0 aliphatic heterocycles. The first-order valence-corrected chi connectivity index (χ1v) is 5.07. The van der Waals surface area contributed by atoms with Gasteiger partial charge in [0.15, 0.2) is 0 Å². The summed E-state index contributed by atoms with van der Waals surface area (Å²) in [5.41, 5.74) is -1.24. The third-order valence-electron chi connectivity index (χ3n) is 2.49. The fraction of sp³-hybridized carbons (Fsp3) is 0.300. The molecule has 0 saturated carbocycles. The summed E-state index contributed by atoms with van der Waals surface area (Å²) in [5.74, 6) is -1.64. The standard InChI is InChI=1S/C10H8F3N3O3/c1-5-8(15-19-14-5)4-16-2-6(9(17)18)7(3-16)10(11,12)13/h2-3H,4H2,1H3,(H,17,18). The normalized spacial score (nSPS) is 11.8. The molecular formula is C10H8F3N3O3. The predicted molar refractivity (Wildman–Crippen MR) is 54.5 cm³/mol. The SMILES string of the molecule is Cc1nonc1Cn1cc(C(=O)O)c(C(F)(F)F)c1. The average Bonchev–Trinajstić information content (AvgIpc) is 2.86. The number of carboxylic acid groups (broad SMARTS) is 1. The second-order valence-corrected chi connectivity index (χ2v) is 3.86. The van der Waals surface area contributed by atoms with E-state index in [0.717, 1.165) is 17.0 Å². The maximum absolute atomic E-state index is 12.7. The number of carboxylic acids is 1. The van der Waals surface area contributed by atoms with Crippen LogP contribution < -0.4 is 0 Å². The van der Waals surface area contributed by atoms with Crippen molar-refractivity contribution in [2.45, 2.75) is 19.6 Å². The summed E-state index contributed by atoms with van der Waals surface area (Å²) in [6, 6.07) is 0. The van der Waals surface area contributed by atoms with E-state index in [1.165, 1.54) is 0 Å². The number of aryl methyl sites for hydroxylation is 1. The summed E-state index contributed by atoms with van der Waals surface area (Å²) in [6.45, 7) is 1.53. The Bertz CT molecular complexity index is 615. The van der Waals surface area contributed by atoms with Gasteiger partial charge in [0.25, 0.3) is 0 Å². The topological polar surface area (TPSA) is 81.2 Å². The number of aromatic carboxylic acids is 1. The Morgan fingerprint density at radius 2 is 2.11 bits per heavy atom. The van der Waals surface area contributed by atoms with Crippen LogP contribution in [0.3, 0.4) is 0 Å². The van der Waals surface area contributed by atoms with Crippen LogP contribution in [0.25, 0.3) is 0 Å². The summed E-state index contributed by atoms with van der Waals surface area (Å²) in [7, 11) is 0. The zero-order valence-corrected chi connectivity index (χ0v) is 9.60. The summed E-state index contributed by atoms with van der Waals surface area (Å²) in [5, 5.41) is 15.8. The zero-order chi connectivity index (χ0) is 14.2. The van der Waals surface area contributed by atoms with Crippen molar-refractivity contribution in [1.29, 1.82) is 0 Å². The molecule has 0 unspecified atom stereocenters. The first-order chi connectivity index (χ1) is 8.79. The highest BCUT2D eigenvalue weighted by atomic mass is 19.4. The van der Waals surface area contributed by atoms with Gasteiger partial charge in [0.2, 0.25) is 0 Å². The number of hydrogen-bond donors (Lipinski definition) is 1. The molecule has 2 aromatic rings. The molecule has 2 aromatic heterocycles. The fourth-order valence-electron chi connectivity index (χ4n) is 1.56. The van der Waals surface area contributed by atoms with Crippen LogP contribution in [0.4, 0.5) is 13.2 Å². The number of hydrogen-bond acceptors (Lipinski definition) is 4. The van der Waals surface area contributed by atoms with Crippen molar-refractivity contribution in [3.8, 4) is 0 Å². The Morgan fingerprint density at radius 3 is 2.53 bits per heavy atom. The quantitative estimate of drug-likeness (QED) is 0.925. The van der Waals surface area contributed by atoms with E-state index in [0.29, 0.717) is 11.4 Å². The van der Waals surface area contributed by atoms with Crippen LogP contribution in [0.1, 0.15) is 27.3 Å². The van der Waals surface area contributed by atoms with E-state index in [2.05, 4.69) is 14.9 Å². The fourth-order valence-corrected chi connectivity index (χ4v) is 1.56. The molecule has 0 aromatic carbocycles. The van der Waals surface area contributed by atoms with Gasteiger partial charge in [-0.15, -0.1) is 0 Å². The lowest BCUT2D eigenvalue weighted by molar-refractivity contribution is -0.138. The maximum Gasteiger partial charge on any atom is 0.418 e. The van der Waals surface area contributed by atoms with Crippen LogP contribution in [0.2, 0.25) is 0 Å². The van der Waals surface area contributed by atoms with Crippen LogP contribution >= 0.6 is 0 Å². The smallest absolute Gasteiger partial charge is 0.418 e. The molecule has 19 heavy (non-hydrogen) atoms. The third kappa shape index (κ3) is 2.59. The molecule has 1 N–H and O–H groups in total. The molecule has 0 saturated heterocycles. The van der Waals surface area contributed by atoms with Crippen molar-refractivity contribution in [3.63, 3.8) is 0 Å². The van der Waals surface area contributed by atoms with E-state index in [4.69, 9.17) is 5.11 Å². The van der Waals surface area contributed by atoms with Crippen molar-refractivity contribution in [2.75, 3.05) is 0 Å². The Morgan fingerprint density at radius 1 is 1.42 bits per heavy atom. The minimum Gasteiger partial charge on any atom is -0.478 e. The van der Waals surface area contributed by atoms with Gasteiger partial charge < -0.3 is 9.67 Å². The van der Waals surface area contributed by atoms with Gasteiger partial charge in [0, 0.05) is 12.4 Å². The van der Waals surface area contributed by atoms with Gasteiger partial charge >= 0.3 is 12.1 Å². The number of halogens is 3. The van der Waals surface area contributed by atoms with Crippen molar-refractivity contribution < 1.29 is 27.7 Å². The minimum absolute atomic E-state index is 0.0499. The highest BCUT2D eigenvalue weighted by Gasteiger charge is 2.37. The Labute approximate surface area is 104 Å². The molecule has 0 aliphatic carbocycles. The second-order valence-electron chi connectivity index (χ2n) is 3.86. The van der Waals surface area contributed by atoms with E-state index >= 15 is 0 Å². The summed E-state index contributed by atoms with van der Waals surface area (Å²) in [4.78, 5) is 10.8. The number of alkyl halides is 3. The molecule has 0 spiro atoms. The molecule has 9 heteroatoms. The first kappa shape index (κ1) is 13.1. The third-order valence-corrected chi connectivity index (χ3v) is 2.49. The molecule has 0 fully saturated rings. The minimum atomic E-state index is -4.73. The van der Waals surface area contributed by atoms with Crippen LogP contribution in [-0.4, -0.2) is 26.0 Å². The Kier molecular flexibility index (Phi) is 3.05. The van der Waals surface area contributed by atoms with Gasteiger partial charge in [-0.25, -0.2) is 9.42 Å². The lowest BCUT2D eigenvalue weighted by atomic mass is 10.2. The van der Waals surface area contributed by atoms with Gasteiger partial charge in [-0.1, -0.05) is 10.3 Å². The molecule has 2 heterocycles. The van der Waals surface area contributed by atoms with Gasteiger partial charge in [0.05, 0.1) is 17.7 Å². The molecule has 102 valence electrons. The van der Waals surface area contributed by atoms with Gasteiger partial charge in [-0.05, 0) is 6.92 Å². The van der Waals surface area contributed by atoms with Crippen LogP contribution in [0.15, 0.2) is 17.0 Å². The molecule has 0 radical (unpaired) electrons. The van der Waals surface area contributed by atoms with Crippen molar-refractivity contribution in [1.82, 2.24) is 14.9 Å². The Hall–Kier alpha value is -2.32. The van der Waals surface area contributed by atoms with Crippen molar-refractivity contribution in [3.05, 3.63) is 34.9 Å². The van der Waals surface area contributed by atoms with Crippen LogP contribution in [0.5, 0.6) is 0 Å². The first-order valence-electron chi connectivity index (χ1n) is 5.07. The summed E-state index contributed by atoms with van der Waals surface area (Å²) in [6.07, 6.45) is -3.10. The summed E-state index contributed by atoms with van der Waals surface area (Å²) < 4.78 is 43.5. The molecule has 2 rings (SSSR count). The van der Waals surface area contributed by atoms with Crippen LogP contribution in [-0.2, 0) is 12.7 Å². The molecule has 0 amide bonds. The van der Waals surface area contributed by atoms with Crippen molar-refractivity contribution in [2.24, 2.45) is 0 Å². The predicted octanol–water partition coefficient (Wildman–Crippen LogP) is 1.94.